The van der Waals surface area contributed by atoms with Crippen LogP contribution >= 0.6 is 0 Å². The van der Waals surface area contributed by atoms with Gasteiger partial charge in [-0.3, -0.25) is 0 Å². The number of hydrogen-bond donors (Lipinski definition) is 0. The summed E-state index contributed by atoms with van der Waals surface area (Å²) in [6.45, 7) is 2.37. The van der Waals surface area contributed by atoms with Crippen LogP contribution in [0.2, 0.25) is 0 Å². The summed E-state index contributed by atoms with van der Waals surface area (Å²) in [6, 6.07) is 108. The molecule has 0 spiro atoms. The molecule has 0 N–H and O–H groups in total. The quantitative estimate of drug-likeness (QED) is 0.139. The minimum Gasteiger partial charge on any atom is -0.389 e. The predicted molar refractivity (Wildman–Crippen MR) is 547 cm³/mol. The Morgan fingerprint density at radius 2 is 0.635 bits per heavy atom. The lowest BCUT2D eigenvalue weighted by atomic mass is 9.45. The van der Waals surface area contributed by atoms with Crippen molar-refractivity contribution in [3.8, 4) is 0 Å². The number of benzene rings is 14. The van der Waals surface area contributed by atoms with Gasteiger partial charge in [0.05, 0.1) is 0 Å². The first-order valence-electron chi connectivity index (χ1n) is 43.8. The van der Waals surface area contributed by atoms with Gasteiger partial charge >= 0.3 is 47.9 Å². The highest BCUT2D eigenvalue weighted by atomic mass is 15.1. The third kappa shape index (κ3) is 15.1. The number of rotatable bonds is 0. The van der Waals surface area contributed by atoms with E-state index in [1.54, 1.807) is 0 Å². The highest BCUT2D eigenvalue weighted by molar-refractivity contribution is 6.86. The molecule has 14 heterocycles. The zero-order valence-corrected chi connectivity index (χ0v) is 69.7. The van der Waals surface area contributed by atoms with Crippen molar-refractivity contribution < 1.29 is 0 Å². The number of hydrogen-bond acceptors (Lipinski definition) is 7. The van der Waals surface area contributed by atoms with Gasteiger partial charge in [0, 0.05) is 11.4 Å². The van der Waals surface area contributed by atoms with E-state index in [2.05, 4.69) is 544 Å². The van der Waals surface area contributed by atoms with Crippen LogP contribution in [0.4, 0.5) is 11.4 Å². The first-order chi connectivity index (χ1) is 62.5. The first-order valence-corrected chi connectivity index (χ1v) is 43.8. The Hall–Kier alpha value is -15.5. The molecule has 0 amide bonds. The molecule has 0 aliphatic carbocycles. The van der Waals surface area contributed by atoms with Gasteiger partial charge in [-0.15, -0.1) is 0 Å². The zero-order valence-electron chi connectivity index (χ0n) is 69.7. The second-order valence-electron chi connectivity index (χ2n) is 33.2. The molecule has 0 saturated heterocycles. The number of nitrogens with zero attached hydrogens (tertiary/aromatic N) is 7. The predicted octanol–water partition coefficient (Wildman–Crippen LogP) is 15.5. The Morgan fingerprint density at radius 3 is 1.27 bits per heavy atom. The molecule has 0 unspecified atom stereocenters. The highest BCUT2D eigenvalue weighted by Gasteiger charge is 2.35. The van der Waals surface area contributed by atoms with Crippen molar-refractivity contribution in [3.63, 3.8) is 0 Å². The second-order valence-corrected chi connectivity index (χ2v) is 33.2. The molecular formula is C112H84B7N7. The minimum absolute atomic E-state index is 0.326. The van der Waals surface area contributed by atoms with Gasteiger partial charge in [0.2, 0.25) is 0 Å². The summed E-state index contributed by atoms with van der Waals surface area (Å²) < 4.78 is 0. The van der Waals surface area contributed by atoms with Crippen molar-refractivity contribution in [2.24, 2.45) is 0 Å². The lowest BCUT2D eigenvalue weighted by Gasteiger charge is -2.34. The summed E-state index contributed by atoms with van der Waals surface area (Å²) in [5, 5.41) is 15.8. The van der Waals surface area contributed by atoms with Crippen LogP contribution in [0.1, 0.15) is 44.5 Å². The number of para-hydroxylation sites is 2. The minimum atomic E-state index is 0.326. The third-order valence-corrected chi connectivity index (χ3v) is 25.8. The monoisotopic (exact) mass is 1600 g/mol. The number of fused-ring (bicyclic) bond motifs is 31. The first kappa shape index (κ1) is 76.6. The van der Waals surface area contributed by atoms with Crippen molar-refractivity contribution in [2.45, 2.75) is 0 Å². The Bertz CT molecular complexity index is 7310. The molecule has 0 fully saturated rings. The molecule has 0 atom stereocenters. The molecule has 28 rings (SSSR count). The van der Waals surface area contributed by atoms with Crippen molar-refractivity contribution in [2.75, 3.05) is 9.62 Å². The summed E-state index contributed by atoms with van der Waals surface area (Å²) in [5.74, 6) is 18.3. The molecule has 7 nitrogen and oxygen atoms in total. The number of allylic oxidation sites excluding steroid dienone is 6. The Morgan fingerprint density at radius 1 is 0.206 bits per heavy atom. The lowest BCUT2D eigenvalue weighted by Crippen LogP contribution is -2.56. The maximum Gasteiger partial charge on any atom is 0.328 e. The zero-order chi connectivity index (χ0) is 83.6. The standard InChI is InChI=1S/7C16H12BN/c1-3-7-15-11-18-12-16-8-4-2-6-14(16)10-17(18)9-13(15)5-1;1-3-7-15-13(5-1)10-12-18-16-8-4-2-6-14(16)9-11-17(15)18;1-3-7-15-13(5-1)9-11-18-12-10-14-6-2-4-8-16(14)17(15)18;1-2-7-15-12-18-16-8-4-3-5-13(16)9-10-17(18)11-14(15)6-1;1-2-6-15-13(5-1)7-8-14-9-12-18-11-4-3-10-17(18)16(14)15;1-2-6-14-13(5-1)7-8-16-15(14)9-12-18-11-4-3-10-17(16)18;1-2-6-14-12-16-15(11-13(14)5-1)7-10-18-9-4-3-8-17(16)18/h7*1-12H. The van der Waals surface area contributed by atoms with E-state index in [0.29, 0.717) is 47.9 Å². The SMILES string of the molecule is C1=CB2c3c(ccc4ccccc34)C=CN2C=C1.C1=CB2c3cc4ccccc4cc3C=CN2C=C1.C1=CB2c3ccc4ccccc4c3C=CN2C=C1.C1=CN2C=Cc3ccccc3B2c2ccccc21.C1=Cc2ccccc2N2C=Cc3ccccc3B12.C1=Cc2ccccc2N2C=c3ccccc3=CB12.C1=c2ccccc2=CN2C=c3ccccc3=CB12. The molecular weight excluding hydrogens is 1520 g/mol. The molecule has 0 saturated carbocycles. The fourth-order valence-corrected chi connectivity index (χ4v) is 19.5. The van der Waals surface area contributed by atoms with Gasteiger partial charge in [-0.2, -0.15) is 0 Å². The molecule has 126 heavy (non-hydrogen) atoms. The Balaban J connectivity index is 0.0000000870. The van der Waals surface area contributed by atoms with Crippen LogP contribution in [-0.4, -0.2) is 72.0 Å². The largest absolute Gasteiger partial charge is 0.389 e. The van der Waals surface area contributed by atoms with E-state index in [9.17, 15) is 0 Å². The molecule has 14 aromatic rings. The van der Waals surface area contributed by atoms with Crippen LogP contribution < -0.4 is 73.7 Å². The van der Waals surface area contributed by atoms with E-state index < -0.39 is 0 Å². The van der Waals surface area contributed by atoms with E-state index in [1.165, 1.54) is 152 Å². The third-order valence-electron chi connectivity index (χ3n) is 25.8. The van der Waals surface area contributed by atoms with Gasteiger partial charge in [-0.05, 0) is 288 Å². The van der Waals surface area contributed by atoms with E-state index in [0.717, 1.165) is 0 Å². The molecule has 14 aliphatic rings. The van der Waals surface area contributed by atoms with Crippen LogP contribution in [0.3, 0.4) is 0 Å². The van der Waals surface area contributed by atoms with Crippen LogP contribution in [0.15, 0.2) is 425 Å². The van der Waals surface area contributed by atoms with Gasteiger partial charge in [-0.1, -0.05) is 363 Å². The van der Waals surface area contributed by atoms with Crippen LogP contribution in [0.25, 0.3) is 117 Å². The summed E-state index contributed by atoms with van der Waals surface area (Å²) in [6.07, 6.45) is 56.3. The van der Waals surface area contributed by atoms with Crippen LogP contribution in [0, 0.1) is 0 Å². The maximum absolute atomic E-state index is 2.34. The average molecular weight is 1600 g/mol. The molecule has 0 aromatic heterocycles. The molecule has 14 aromatic carbocycles. The van der Waals surface area contributed by atoms with Gasteiger partial charge in [0.15, 0.2) is 0 Å². The van der Waals surface area contributed by atoms with Crippen molar-refractivity contribution >= 4 is 210 Å². The van der Waals surface area contributed by atoms with Crippen LogP contribution in [-0.2, 0) is 0 Å². The van der Waals surface area contributed by atoms with E-state index in [4.69, 9.17) is 0 Å². The summed E-state index contributed by atoms with van der Waals surface area (Å²) in [5.41, 5.74) is 21.5. The van der Waals surface area contributed by atoms with Crippen molar-refractivity contribution in [3.05, 3.63) is 501 Å². The van der Waals surface area contributed by atoms with Crippen LogP contribution in [0.5, 0.6) is 0 Å². The molecule has 14 heteroatoms. The summed E-state index contributed by atoms with van der Waals surface area (Å²) in [4.78, 5) is 16.0. The molecule has 0 radical (unpaired) electrons. The van der Waals surface area contributed by atoms with Crippen molar-refractivity contribution in [1.82, 2.24) is 24.1 Å². The second kappa shape index (κ2) is 34.1. The molecule has 14 aliphatic heterocycles. The highest BCUT2D eigenvalue weighted by Crippen LogP contribution is 2.33. The normalized spacial score (nSPS) is 15.5. The van der Waals surface area contributed by atoms with E-state index in [1.807, 2.05) is 0 Å². The smallest absolute Gasteiger partial charge is 0.328 e. The molecule has 588 valence electrons. The Kier molecular flexibility index (Phi) is 20.7. The average Bonchev–Trinajstić information content (AvgIpc) is 0.761. The fourth-order valence-electron chi connectivity index (χ4n) is 19.5. The van der Waals surface area contributed by atoms with Gasteiger partial charge in [-0.25, -0.2) is 0 Å². The maximum atomic E-state index is 2.34. The fraction of sp³-hybridized carbons (Fsp3) is 0. The lowest BCUT2D eigenvalue weighted by molar-refractivity contribution is 0.797. The Labute approximate surface area is 739 Å². The van der Waals surface area contributed by atoms with Gasteiger partial charge in [0.1, 0.15) is 0 Å². The van der Waals surface area contributed by atoms with Gasteiger partial charge < -0.3 is 33.7 Å². The number of anilines is 2. The topological polar surface area (TPSA) is 22.7 Å². The van der Waals surface area contributed by atoms with Crippen molar-refractivity contribution in [1.29, 1.82) is 0 Å². The molecule has 0 bridgehead atoms. The van der Waals surface area contributed by atoms with E-state index in [-0.39, 0.29) is 0 Å². The van der Waals surface area contributed by atoms with E-state index >= 15 is 0 Å². The summed E-state index contributed by atoms with van der Waals surface area (Å²) >= 11 is 0. The summed E-state index contributed by atoms with van der Waals surface area (Å²) in [7, 11) is 0. The van der Waals surface area contributed by atoms with Gasteiger partial charge in [0.25, 0.3) is 0 Å².